The van der Waals surface area contributed by atoms with E-state index < -0.39 is 28.4 Å². The molecule has 14 heteroatoms. The summed E-state index contributed by atoms with van der Waals surface area (Å²) in [7, 11) is 0. The summed E-state index contributed by atoms with van der Waals surface area (Å²) in [5, 5.41) is 22.9. The lowest BCUT2D eigenvalue weighted by Crippen LogP contribution is -2.37. The van der Waals surface area contributed by atoms with Crippen molar-refractivity contribution >= 4 is 23.6 Å². The lowest BCUT2D eigenvalue weighted by Gasteiger charge is -2.39. The van der Waals surface area contributed by atoms with Gasteiger partial charge in [0.2, 0.25) is 0 Å². The zero-order chi connectivity index (χ0) is 40.0. The Morgan fingerprint density at radius 2 is 1.36 bits per heavy atom. The highest BCUT2D eigenvalue weighted by Gasteiger charge is 2.55. The monoisotopic (exact) mass is 767 g/mol. The van der Waals surface area contributed by atoms with Gasteiger partial charge in [-0.15, -0.1) is 0 Å². The van der Waals surface area contributed by atoms with Gasteiger partial charge < -0.3 is 28.8 Å². The first-order valence-corrected chi connectivity index (χ1v) is 18.7. The molecule has 0 saturated carbocycles. The second kappa shape index (κ2) is 17.2. The number of ether oxygens (including phenoxy) is 5. The van der Waals surface area contributed by atoms with Crippen molar-refractivity contribution in [2.24, 2.45) is 0 Å². The number of non-ortho nitro benzene ring substituents is 1. The van der Waals surface area contributed by atoms with Crippen molar-refractivity contribution in [2.75, 3.05) is 39.4 Å². The number of phenols is 1. The van der Waals surface area contributed by atoms with Gasteiger partial charge in [0.1, 0.15) is 28.7 Å². The van der Waals surface area contributed by atoms with Crippen LogP contribution in [0.4, 0.5) is 5.69 Å². The molecule has 0 fully saturated rings. The highest BCUT2D eigenvalue weighted by Crippen LogP contribution is 2.59. The molecule has 4 aromatic carbocycles. The summed E-state index contributed by atoms with van der Waals surface area (Å²) in [6, 6.07) is 19.3. The van der Waals surface area contributed by atoms with Crippen LogP contribution in [0.25, 0.3) is 0 Å². The van der Waals surface area contributed by atoms with E-state index in [4.69, 9.17) is 23.7 Å². The molecule has 0 aromatic heterocycles. The summed E-state index contributed by atoms with van der Waals surface area (Å²) in [5.74, 6) is -0.740. The maximum atomic E-state index is 13.8. The Hall–Kier alpha value is -5.99. The van der Waals surface area contributed by atoms with Crippen LogP contribution in [-0.4, -0.2) is 77.1 Å². The highest BCUT2D eigenvalue weighted by molar-refractivity contribution is 5.97. The molecular formula is C42H45N3O11. The van der Waals surface area contributed by atoms with Gasteiger partial charge in [-0.05, 0) is 82.2 Å². The Morgan fingerprint density at radius 3 is 1.96 bits per heavy atom. The average molecular weight is 768 g/mol. The second-order valence-corrected chi connectivity index (χ2v) is 13.5. The number of rotatable bonds is 17. The lowest BCUT2D eigenvalue weighted by atomic mass is 9.76. The van der Waals surface area contributed by atoms with Crippen LogP contribution < -0.4 is 9.47 Å². The van der Waals surface area contributed by atoms with Crippen molar-refractivity contribution in [3.8, 4) is 28.7 Å². The topological polar surface area (TPSA) is 167 Å². The predicted molar refractivity (Wildman–Crippen MR) is 204 cm³/mol. The van der Waals surface area contributed by atoms with Gasteiger partial charge in [-0.3, -0.25) is 29.5 Å². The summed E-state index contributed by atoms with van der Waals surface area (Å²) < 4.78 is 30.3. The van der Waals surface area contributed by atoms with E-state index in [1.54, 1.807) is 50.2 Å². The Balaban J connectivity index is 1.61. The molecule has 0 radical (unpaired) electrons. The minimum Gasteiger partial charge on any atom is -0.507 e. The maximum absolute atomic E-state index is 13.8. The van der Waals surface area contributed by atoms with Crippen LogP contribution in [0.15, 0.2) is 72.8 Å². The summed E-state index contributed by atoms with van der Waals surface area (Å²) in [6.07, 6.45) is 1.75. The van der Waals surface area contributed by atoms with Crippen LogP contribution >= 0.6 is 0 Å². The molecular weight excluding hydrogens is 722 g/mol. The fourth-order valence-electron chi connectivity index (χ4n) is 7.34. The number of nitro benzene ring substituents is 1. The minimum absolute atomic E-state index is 0.0109. The molecule has 0 aliphatic carbocycles. The van der Waals surface area contributed by atoms with Crippen LogP contribution in [0.3, 0.4) is 0 Å². The van der Waals surface area contributed by atoms with Gasteiger partial charge in [-0.1, -0.05) is 32.0 Å². The van der Waals surface area contributed by atoms with Gasteiger partial charge in [0.05, 0.1) is 47.9 Å². The van der Waals surface area contributed by atoms with E-state index in [2.05, 4.69) is 18.7 Å². The van der Waals surface area contributed by atoms with Crippen LogP contribution in [0.1, 0.15) is 78.7 Å². The molecule has 1 spiro atoms. The molecule has 294 valence electrons. The molecule has 4 aromatic rings. The van der Waals surface area contributed by atoms with E-state index in [-0.39, 0.29) is 67.3 Å². The quantitative estimate of drug-likeness (QED) is 0.0496. The van der Waals surface area contributed by atoms with Gasteiger partial charge in [0.15, 0.2) is 5.60 Å². The van der Waals surface area contributed by atoms with E-state index in [0.29, 0.717) is 39.9 Å². The van der Waals surface area contributed by atoms with Crippen molar-refractivity contribution in [3.05, 3.63) is 116 Å². The molecule has 2 aliphatic heterocycles. The number of nitro groups is 1. The van der Waals surface area contributed by atoms with E-state index in [0.717, 1.165) is 25.9 Å². The molecule has 1 N–H and O–H groups in total. The van der Waals surface area contributed by atoms with Gasteiger partial charge in [0, 0.05) is 41.9 Å². The molecule has 1 unspecified atom stereocenters. The fraction of sp³-hybridized carbons (Fsp3) is 0.357. The third kappa shape index (κ3) is 7.88. The van der Waals surface area contributed by atoms with Gasteiger partial charge in [0.25, 0.3) is 5.69 Å². The van der Waals surface area contributed by atoms with Gasteiger partial charge in [-0.2, -0.15) is 0 Å². The predicted octanol–water partition coefficient (Wildman–Crippen LogP) is 7.21. The number of benzene rings is 4. The smallest absolute Gasteiger partial charge is 0.340 e. The number of carbonyl (C=O) groups excluding carboxylic acids is 3. The number of carbonyl (C=O) groups is 3. The first-order chi connectivity index (χ1) is 27.0. The third-order valence-electron chi connectivity index (χ3n) is 9.62. The van der Waals surface area contributed by atoms with Gasteiger partial charge in [-0.25, -0.2) is 4.79 Å². The number of hydrogen-bond acceptors (Lipinski definition) is 13. The van der Waals surface area contributed by atoms with E-state index >= 15 is 0 Å². The van der Waals surface area contributed by atoms with Crippen molar-refractivity contribution in [3.63, 3.8) is 0 Å². The number of esters is 3. The van der Waals surface area contributed by atoms with E-state index in [9.17, 15) is 29.6 Å². The number of hydrogen-bond donors (Lipinski definition) is 1. The Morgan fingerprint density at radius 1 is 0.768 bits per heavy atom. The number of aromatic hydroxyl groups is 1. The van der Waals surface area contributed by atoms with Crippen molar-refractivity contribution < 1.29 is 48.1 Å². The number of fused-ring (bicyclic) bond motifs is 6. The largest absolute Gasteiger partial charge is 0.507 e. The molecule has 0 amide bonds. The zero-order valence-corrected chi connectivity index (χ0v) is 31.9. The zero-order valence-electron chi connectivity index (χ0n) is 31.9. The van der Waals surface area contributed by atoms with Crippen molar-refractivity contribution in [2.45, 2.75) is 59.2 Å². The van der Waals surface area contributed by atoms with Crippen LogP contribution in [-0.2, 0) is 42.5 Å². The molecule has 2 aliphatic rings. The van der Waals surface area contributed by atoms with Crippen LogP contribution in [0.2, 0.25) is 0 Å². The molecule has 14 nitrogen and oxygen atoms in total. The summed E-state index contributed by atoms with van der Waals surface area (Å²) in [4.78, 5) is 54.3. The van der Waals surface area contributed by atoms with Crippen molar-refractivity contribution in [1.82, 2.24) is 9.80 Å². The normalized spacial score (nSPS) is 15.1. The summed E-state index contributed by atoms with van der Waals surface area (Å²) >= 11 is 0. The summed E-state index contributed by atoms with van der Waals surface area (Å²) in [5.41, 5.74) is 1.05. The summed E-state index contributed by atoms with van der Waals surface area (Å²) in [6.45, 7) is 8.85. The van der Waals surface area contributed by atoms with Crippen LogP contribution in [0, 0.1) is 10.1 Å². The Bertz CT molecular complexity index is 2090. The van der Waals surface area contributed by atoms with E-state index in [1.165, 1.54) is 29.2 Å². The second-order valence-electron chi connectivity index (χ2n) is 13.5. The molecule has 0 bridgehead atoms. The molecule has 1 atom stereocenters. The van der Waals surface area contributed by atoms with Gasteiger partial charge >= 0.3 is 17.9 Å². The average Bonchev–Trinajstić information content (AvgIpc) is 3.46. The molecule has 6 rings (SSSR count). The minimum atomic E-state index is -1.53. The fourth-order valence-corrected chi connectivity index (χ4v) is 7.34. The lowest BCUT2D eigenvalue weighted by molar-refractivity contribution is -0.384. The van der Waals surface area contributed by atoms with Crippen molar-refractivity contribution in [1.29, 1.82) is 0 Å². The first kappa shape index (κ1) is 39.7. The SMILES string of the molecule is CCCN(CCC)Cc1c(O)ccc2c1Oc1c(ccc(Oc3ccc([N+](=O)[O-])cc3)c1CN(CC(=O)OCC)CC(=O)OCC)C21OC(=O)c2ccccc21. The third-order valence-corrected chi connectivity index (χ3v) is 9.62. The number of phenolic OH excluding ortho intramolecular Hbond substituents is 1. The molecule has 56 heavy (non-hydrogen) atoms. The van der Waals surface area contributed by atoms with E-state index in [1.807, 2.05) is 12.1 Å². The Labute approximate surface area is 324 Å². The standard InChI is InChI=1S/C42H45N3O11/c1-5-21-43(22-6-2)23-30-35(46)19-17-33-39(30)55-40-31(24-44(25-37(47)52-7-3)26-38(48)53-8-4)36(54-28-15-13-27(14-16-28)45(50)51)20-18-34(40)42(33)32-12-10-9-11-29(32)41(49)56-42/h9-20,46H,5-8,21-26H2,1-4H3. The maximum Gasteiger partial charge on any atom is 0.340 e. The van der Waals surface area contributed by atoms with Crippen LogP contribution in [0.5, 0.6) is 28.7 Å². The Kier molecular flexibility index (Phi) is 12.2. The highest BCUT2D eigenvalue weighted by atomic mass is 16.6. The molecule has 0 saturated heterocycles. The number of nitrogens with zero attached hydrogens (tertiary/aromatic N) is 3. The molecule has 2 heterocycles. The first-order valence-electron chi connectivity index (χ1n) is 18.7.